The fourth-order valence-corrected chi connectivity index (χ4v) is 3.88. The molecule has 0 unspecified atom stereocenters. The molecule has 0 heterocycles. The van der Waals surface area contributed by atoms with E-state index in [1.54, 1.807) is 72.8 Å². The van der Waals surface area contributed by atoms with Crippen molar-refractivity contribution < 1.29 is 19.1 Å². The van der Waals surface area contributed by atoms with Crippen molar-refractivity contribution in [1.29, 1.82) is 0 Å². The van der Waals surface area contributed by atoms with E-state index in [-0.39, 0.29) is 17.2 Å². The number of halogens is 2. The smallest absolute Gasteiger partial charge is 0.343 e. The highest BCUT2D eigenvalue weighted by molar-refractivity contribution is 9.10. The number of hydrazone groups is 1. The number of hydrogen-bond donors (Lipinski definition) is 2. The normalized spacial score (nSPS) is 10.9. The summed E-state index contributed by atoms with van der Waals surface area (Å²) >= 11 is 9.27. The van der Waals surface area contributed by atoms with Crippen molar-refractivity contribution >= 4 is 63.3 Å². The molecule has 39 heavy (non-hydrogen) atoms. The number of amides is 2. The van der Waals surface area contributed by atoms with Gasteiger partial charge in [0.2, 0.25) is 5.91 Å². The van der Waals surface area contributed by atoms with E-state index < -0.39 is 11.9 Å². The number of hydrogen-bond acceptors (Lipinski definition) is 5. The van der Waals surface area contributed by atoms with Crippen LogP contribution in [0.2, 0.25) is 5.02 Å². The van der Waals surface area contributed by atoms with Crippen LogP contribution in [0.15, 0.2) is 113 Å². The van der Waals surface area contributed by atoms with Crippen molar-refractivity contribution in [3.8, 4) is 5.75 Å². The van der Waals surface area contributed by atoms with Crippen LogP contribution in [0.25, 0.3) is 6.08 Å². The van der Waals surface area contributed by atoms with E-state index >= 15 is 0 Å². The lowest BCUT2D eigenvalue weighted by Crippen LogP contribution is -2.20. The Labute approximate surface area is 238 Å². The van der Waals surface area contributed by atoms with Gasteiger partial charge in [-0.05, 0) is 66.2 Å². The number of rotatable bonds is 8. The van der Waals surface area contributed by atoms with Crippen molar-refractivity contribution in [3.63, 3.8) is 0 Å². The summed E-state index contributed by atoms with van der Waals surface area (Å²) in [4.78, 5) is 37.8. The Hall–Kier alpha value is -4.53. The summed E-state index contributed by atoms with van der Waals surface area (Å²) in [7, 11) is 0. The van der Waals surface area contributed by atoms with E-state index in [0.717, 1.165) is 10.0 Å². The topological polar surface area (TPSA) is 96.9 Å². The van der Waals surface area contributed by atoms with Crippen LogP contribution in [0.3, 0.4) is 0 Å². The molecule has 0 fully saturated rings. The lowest BCUT2D eigenvalue weighted by Gasteiger charge is -2.09. The molecule has 0 radical (unpaired) electrons. The average molecular weight is 603 g/mol. The second-order valence-corrected chi connectivity index (χ2v) is 9.41. The van der Waals surface area contributed by atoms with Gasteiger partial charge in [0.25, 0.3) is 5.91 Å². The summed E-state index contributed by atoms with van der Waals surface area (Å²) in [6, 6.07) is 27.3. The van der Waals surface area contributed by atoms with Crippen molar-refractivity contribution in [2.24, 2.45) is 5.10 Å². The molecule has 2 N–H and O–H groups in total. The standard InChI is InChI=1S/C30H21BrClN3O4/c31-23-13-16-27(39-30(38)21-11-14-24(32)15-12-21)22(18-23)19-33-35-29(37)25-8-4-5-9-26(25)34-28(36)17-10-20-6-2-1-3-7-20/h1-19H,(H,34,36)(H,35,37)/b17-10+,33-19-. The predicted octanol–water partition coefficient (Wildman–Crippen LogP) is 6.74. The zero-order valence-corrected chi connectivity index (χ0v) is 22.6. The van der Waals surface area contributed by atoms with Gasteiger partial charge in [-0.3, -0.25) is 9.59 Å². The summed E-state index contributed by atoms with van der Waals surface area (Å²) < 4.78 is 6.25. The van der Waals surface area contributed by atoms with Crippen LogP contribution in [0.4, 0.5) is 5.69 Å². The third kappa shape index (κ3) is 7.98. The summed E-state index contributed by atoms with van der Waals surface area (Å²) in [5.41, 5.74) is 4.64. The third-order valence-electron chi connectivity index (χ3n) is 5.28. The summed E-state index contributed by atoms with van der Waals surface area (Å²) in [5.74, 6) is -1.25. The molecule has 194 valence electrons. The van der Waals surface area contributed by atoms with Crippen molar-refractivity contribution in [2.45, 2.75) is 0 Å². The van der Waals surface area contributed by atoms with Crippen LogP contribution < -0.4 is 15.5 Å². The molecular weight excluding hydrogens is 582 g/mol. The zero-order valence-electron chi connectivity index (χ0n) is 20.3. The minimum absolute atomic E-state index is 0.222. The van der Waals surface area contributed by atoms with Crippen LogP contribution in [0, 0.1) is 0 Å². The highest BCUT2D eigenvalue weighted by Crippen LogP contribution is 2.23. The second kappa shape index (κ2) is 13.3. The first-order chi connectivity index (χ1) is 18.9. The van der Waals surface area contributed by atoms with Gasteiger partial charge in [-0.25, -0.2) is 10.2 Å². The number of carbonyl (C=O) groups is 3. The molecule has 0 aliphatic heterocycles. The Morgan fingerprint density at radius 3 is 2.36 bits per heavy atom. The van der Waals surface area contributed by atoms with Gasteiger partial charge in [-0.15, -0.1) is 0 Å². The van der Waals surface area contributed by atoms with Gasteiger partial charge in [-0.1, -0.05) is 70.0 Å². The lowest BCUT2D eigenvalue weighted by atomic mass is 10.1. The number of para-hydroxylation sites is 1. The van der Waals surface area contributed by atoms with Crippen LogP contribution in [0.1, 0.15) is 31.8 Å². The minimum Gasteiger partial charge on any atom is -0.422 e. The van der Waals surface area contributed by atoms with Crippen LogP contribution in [-0.2, 0) is 4.79 Å². The largest absolute Gasteiger partial charge is 0.422 e. The second-order valence-electron chi connectivity index (χ2n) is 8.06. The Morgan fingerprint density at radius 2 is 1.59 bits per heavy atom. The minimum atomic E-state index is -0.571. The number of nitrogens with zero attached hydrogens (tertiary/aromatic N) is 1. The Balaban J connectivity index is 1.43. The predicted molar refractivity (Wildman–Crippen MR) is 156 cm³/mol. The van der Waals surface area contributed by atoms with Crippen LogP contribution in [0.5, 0.6) is 5.75 Å². The Bertz CT molecular complexity index is 1550. The summed E-state index contributed by atoms with van der Waals surface area (Å²) in [6.07, 6.45) is 4.43. The first kappa shape index (κ1) is 27.5. The molecule has 0 spiro atoms. The van der Waals surface area contributed by atoms with Gasteiger partial charge in [0.05, 0.1) is 23.0 Å². The molecule has 4 rings (SSSR count). The van der Waals surface area contributed by atoms with Crippen LogP contribution in [-0.4, -0.2) is 24.0 Å². The Kier molecular flexibility index (Phi) is 9.39. The summed E-state index contributed by atoms with van der Waals surface area (Å²) in [5, 5.41) is 7.25. The average Bonchev–Trinajstić information content (AvgIpc) is 2.94. The van der Waals surface area contributed by atoms with Crippen molar-refractivity contribution in [2.75, 3.05) is 5.32 Å². The number of benzene rings is 4. The van der Waals surface area contributed by atoms with E-state index in [2.05, 4.69) is 31.8 Å². The van der Waals surface area contributed by atoms with Gasteiger partial charge in [-0.2, -0.15) is 5.10 Å². The monoisotopic (exact) mass is 601 g/mol. The summed E-state index contributed by atoms with van der Waals surface area (Å²) in [6.45, 7) is 0. The quantitative estimate of drug-likeness (QED) is 0.0768. The molecule has 4 aromatic rings. The maximum atomic E-state index is 12.9. The molecule has 0 bridgehead atoms. The van der Waals surface area contributed by atoms with E-state index in [1.807, 2.05) is 30.3 Å². The number of ether oxygens (including phenoxy) is 1. The lowest BCUT2D eigenvalue weighted by molar-refractivity contribution is -0.111. The number of carbonyl (C=O) groups excluding carboxylic acids is 3. The highest BCUT2D eigenvalue weighted by atomic mass is 79.9. The molecule has 0 saturated heterocycles. The van der Waals surface area contributed by atoms with Gasteiger partial charge in [0, 0.05) is 21.1 Å². The first-order valence-corrected chi connectivity index (χ1v) is 12.8. The Morgan fingerprint density at radius 1 is 0.872 bits per heavy atom. The van der Waals surface area contributed by atoms with E-state index in [0.29, 0.717) is 21.8 Å². The molecule has 7 nitrogen and oxygen atoms in total. The fourth-order valence-electron chi connectivity index (χ4n) is 3.38. The maximum absolute atomic E-state index is 12.9. The molecule has 0 atom stereocenters. The molecule has 4 aromatic carbocycles. The zero-order chi connectivity index (χ0) is 27.6. The molecule has 0 aliphatic carbocycles. The molecule has 0 aliphatic rings. The first-order valence-electron chi connectivity index (χ1n) is 11.6. The fraction of sp³-hybridized carbons (Fsp3) is 0. The van der Waals surface area contributed by atoms with Crippen molar-refractivity contribution in [3.05, 3.63) is 135 Å². The van der Waals surface area contributed by atoms with Gasteiger partial charge < -0.3 is 10.1 Å². The van der Waals surface area contributed by atoms with E-state index in [1.165, 1.54) is 12.3 Å². The van der Waals surface area contributed by atoms with E-state index in [9.17, 15) is 14.4 Å². The van der Waals surface area contributed by atoms with Gasteiger partial charge in [0.15, 0.2) is 0 Å². The van der Waals surface area contributed by atoms with Crippen molar-refractivity contribution in [1.82, 2.24) is 5.43 Å². The maximum Gasteiger partial charge on any atom is 0.343 e. The number of nitrogens with one attached hydrogen (secondary N) is 2. The molecule has 0 aromatic heterocycles. The van der Waals surface area contributed by atoms with Gasteiger partial charge >= 0.3 is 5.97 Å². The van der Waals surface area contributed by atoms with Gasteiger partial charge in [0.1, 0.15) is 5.75 Å². The molecule has 2 amide bonds. The number of esters is 1. The third-order valence-corrected chi connectivity index (χ3v) is 6.03. The molecule has 0 saturated carbocycles. The number of anilines is 1. The molecular formula is C30H21BrClN3O4. The SMILES string of the molecule is O=C(/C=C/c1ccccc1)Nc1ccccc1C(=O)N/N=C\c1cc(Br)ccc1OC(=O)c1ccc(Cl)cc1. The highest BCUT2D eigenvalue weighted by Gasteiger charge is 2.13. The van der Waals surface area contributed by atoms with Crippen LogP contribution >= 0.6 is 27.5 Å². The molecule has 9 heteroatoms. The van der Waals surface area contributed by atoms with E-state index in [4.69, 9.17) is 16.3 Å².